The quantitative estimate of drug-likeness (QED) is 0.873. The van der Waals surface area contributed by atoms with Crippen LogP contribution in [-0.4, -0.2) is 41.1 Å². The Morgan fingerprint density at radius 3 is 2.52 bits per heavy atom. The highest BCUT2D eigenvalue weighted by Gasteiger charge is 2.51. The molecule has 2 aliphatic rings. The molecule has 0 radical (unpaired) electrons. The number of nitrogens with one attached hydrogen (secondary N) is 1. The number of rotatable bonds is 5. The van der Waals surface area contributed by atoms with Crippen molar-refractivity contribution in [2.45, 2.75) is 24.9 Å². The molecule has 1 heterocycles. The summed E-state index contributed by atoms with van der Waals surface area (Å²) in [6.07, 6.45) is 2.63. The van der Waals surface area contributed by atoms with Crippen molar-refractivity contribution in [3.05, 3.63) is 28.2 Å². The normalized spacial score (nSPS) is 20.9. The third-order valence-electron chi connectivity index (χ3n) is 4.21. The van der Waals surface area contributed by atoms with E-state index in [1.165, 1.54) is 0 Å². The zero-order valence-corrected chi connectivity index (χ0v) is 13.1. The Balaban J connectivity index is 1.45. The van der Waals surface area contributed by atoms with E-state index >= 15 is 0 Å². The maximum atomic E-state index is 12.0. The van der Waals surface area contributed by atoms with Gasteiger partial charge in [-0.3, -0.25) is 9.69 Å². The van der Waals surface area contributed by atoms with E-state index in [2.05, 4.69) is 10.2 Å². The maximum absolute atomic E-state index is 12.0. The SMILES string of the molecule is O=C(CCN1CC(O)(C2CC2)C1)Nc1c(Cl)cccc1Cl. The van der Waals surface area contributed by atoms with E-state index in [-0.39, 0.29) is 5.91 Å². The first-order chi connectivity index (χ1) is 9.98. The molecule has 2 fully saturated rings. The second kappa shape index (κ2) is 5.76. The van der Waals surface area contributed by atoms with Gasteiger partial charge >= 0.3 is 0 Å². The molecule has 1 amide bonds. The summed E-state index contributed by atoms with van der Waals surface area (Å²) >= 11 is 12.0. The molecule has 2 N–H and O–H groups in total. The molecular weight excluding hydrogens is 311 g/mol. The van der Waals surface area contributed by atoms with Crippen LogP contribution in [0.4, 0.5) is 5.69 Å². The Morgan fingerprint density at radius 1 is 1.33 bits per heavy atom. The van der Waals surface area contributed by atoms with Gasteiger partial charge in [0.25, 0.3) is 0 Å². The predicted octanol–water partition coefficient (Wildman–Crippen LogP) is 2.78. The highest BCUT2D eigenvalue weighted by molar-refractivity contribution is 6.39. The van der Waals surface area contributed by atoms with E-state index in [1.54, 1.807) is 18.2 Å². The summed E-state index contributed by atoms with van der Waals surface area (Å²) in [5.41, 5.74) is -0.0355. The van der Waals surface area contributed by atoms with Gasteiger partial charge in [-0.1, -0.05) is 29.3 Å². The van der Waals surface area contributed by atoms with Crippen molar-refractivity contribution in [3.8, 4) is 0 Å². The van der Waals surface area contributed by atoms with Crippen molar-refractivity contribution >= 4 is 34.8 Å². The van der Waals surface area contributed by atoms with Crippen LogP contribution in [0.3, 0.4) is 0 Å². The molecule has 1 aromatic carbocycles. The van der Waals surface area contributed by atoms with Gasteiger partial charge in [-0.25, -0.2) is 0 Å². The molecule has 0 bridgehead atoms. The Hall–Kier alpha value is -0.810. The number of para-hydroxylation sites is 1. The third-order valence-corrected chi connectivity index (χ3v) is 4.84. The van der Waals surface area contributed by atoms with Crippen LogP contribution in [0, 0.1) is 5.92 Å². The summed E-state index contributed by atoms with van der Waals surface area (Å²) in [7, 11) is 0. The molecule has 6 heteroatoms. The number of carbonyl (C=O) groups is 1. The van der Waals surface area contributed by atoms with Crippen LogP contribution in [-0.2, 0) is 4.79 Å². The van der Waals surface area contributed by atoms with E-state index in [0.717, 1.165) is 12.8 Å². The Kier molecular flexibility index (Phi) is 4.14. The van der Waals surface area contributed by atoms with E-state index in [0.29, 0.717) is 47.7 Å². The first kappa shape index (κ1) is 15.1. The van der Waals surface area contributed by atoms with Crippen LogP contribution in [0.2, 0.25) is 10.0 Å². The molecule has 0 atom stereocenters. The molecule has 0 unspecified atom stereocenters. The number of aliphatic hydroxyl groups is 1. The van der Waals surface area contributed by atoms with Gasteiger partial charge in [0.15, 0.2) is 0 Å². The first-order valence-corrected chi connectivity index (χ1v) is 7.92. The lowest BCUT2D eigenvalue weighted by atomic mass is 9.88. The third kappa shape index (κ3) is 3.34. The predicted molar refractivity (Wildman–Crippen MR) is 83.8 cm³/mol. The van der Waals surface area contributed by atoms with Crippen LogP contribution in [0.25, 0.3) is 0 Å². The van der Waals surface area contributed by atoms with Crippen LogP contribution in [0.1, 0.15) is 19.3 Å². The Morgan fingerprint density at radius 2 is 1.95 bits per heavy atom. The highest BCUT2D eigenvalue weighted by atomic mass is 35.5. The molecule has 0 aromatic heterocycles. The Bertz CT molecular complexity index is 534. The average molecular weight is 329 g/mol. The van der Waals surface area contributed by atoms with Crippen molar-refractivity contribution in [2.24, 2.45) is 5.92 Å². The summed E-state index contributed by atoms with van der Waals surface area (Å²) in [6.45, 7) is 2.00. The lowest BCUT2D eigenvalue weighted by Gasteiger charge is -2.47. The van der Waals surface area contributed by atoms with Gasteiger partial charge in [-0.05, 0) is 30.9 Å². The zero-order valence-electron chi connectivity index (χ0n) is 11.6. The monoisotopic (exact) mass is 328 g/mol. The molecule has 0 spiro atoms. The standard InChI is InChI=1S/C15H18Cl2N2O2/c16-11-2-1-3-12(17)14(11)18-13(20)6-7-19-8-15(21,9-19)10-4-5-10/h1-3,10,21H,4-9H2,(H,18,20). The maximum Gasteiger partial charge on any atom is 0.225 e. The number of β-amino-alcohol motifs (C(OH)–C–C–N with tert-alkyl or cyclic N) is 1. The number of benzene rings is 1. The molecule has 1 aliphatic carbocycles. The molecule has 21 heavy (non-hydrogen) atoms. The second-order valence-electron chi connectivity index (χ2n) is 5.98. The molecule has 4 nitrogen and oxygen atoms in total. The van der Waals surface area contributed by atoms with Gasteiger partial charge in [0.2, 0.25) is 5.91 Å². The molecule has 1 aromatic rings. The van der Waals surface area contributed by atoms with Crippen LogP contribution in [0.5, 0.6) is 0 Å². The lowest BCUT2D eigenvalue weighted by Crippen LogP contribution is -2.63. The molecule has 1 saturated heterocycles. The molecular formula is C15H18Cl2N2O2. The van der Waals surface area contributed by atoms with Gasteiger partial charge < -0.3 is 10.4 Å². The highest BCUT2D eigenvalue weighted by Crippen LogP contribution is 2.44. The van der Waals surface area contributed by atoms with E-state index < -0.39 is 5.60 Å². The minimum Gasteiger partial charge on any atom is -0.387 e. The summed E-state index contributed by atoms with van der Waals surface area (Å²) < 4.78 is 0. The van der Waals surface area contributed by atoms with Crippen molar-refractivity contribution in [1.29, 1.82) is 0 Å². The fraction of sp³-hybridized carbons (Fsp3) is 0.533. The van der Waals surface area contributed by atoms with Crippen LogP contribution in [0.15, 0.2) is 18.2 Å². The van der Waals surface area contributed by atoms with Gasteiger partial charge in [0, 0.05) is 26.1 Å². The van der Waals surface area contributed by atoms with Crippen LogP contribution >= 0.6 is 23.2 Å². The number of hydrogen-bond donors (Lipinski definition) is 2. The Labute approximate surface area is 134 Å². The summed E-state index contributed by atoms with van der Waals surface area (Å²) in [6, 6.07) is 5.11. The van der Waals surface area contributed by atoms with Gasteiger partial charge in [-0.2, -0.15) is 0 Å². The van der Waals surface area contributed by atoms with E-state index in [4.69, 9.17) is 23.2 Å². The first-order valence-electron chi connectivity index (χ1n) is 7.16. The second-order valence-corrected chi connectivity index (χ2v) is 6.80. The lowest BCUT2D eigenvalue weighted by molar-refractivity contribution is -0.124. The zero-order chi connectivity index (χ0) is 15.0. The van der Waals surface area contributed by atoms with Crippen molar-refractivity contribution in [2.75, 3.05) is 25.0 Å². The van der Waals surface area contributed by atoms with E-state index in [1.807, 2.05) is 0 Å². The largest absolute Gasteiger partial charge is 0.387 e. The molecule has 1 aliphatic heterocycles. The minimum absolute atomic E-state index is 0.119. The van der Waals surface area contributed by atoms with E-state index in [9.17, 15) is 9.90 Å². The number of amides is 1. The topological polar surface area (TPSA) is 52.6 Å². The molecule has 3 rings (SSSR count). The number of likely N-dealkylation sites (tertiary alicyclic amines) is 1. The van der Waals surface area contributed by atoms with Crippen molar-refractivity contribution in [3.63, 3.8) is 0 Å². The van der Waals surface area contributed by atoms with Gasteiger partial charge in [-0.15, -0.1) is 0 Å². The number of anilines is 1. The number of carbonyl (C=O) groups excluding carboxylic acids is 1. The smallest absolute Gasteiger partial charge is 0.225 e. The number of nitrogens with zero attached hydrogens (tertiary/aromatic N) is 1. The van der Waals surface area contributed by atoms with Gasteiger partial charge in [0.05, 0.1) is 21.3 Å². The average Bonchev–Trinajstić information content (AvgIpc) is 3.22. The van der Waals surface area contributed by atoms with Crippen molar-refractivity contribution in [1.82, 2.24) is 4.90 Å². The fourth-order valence-corrected chi connectivity index (χ4v) is 3.34. The fourth-order valence-electron chi connectivity index (χ4n) is 2.84. The number of hydrogen-bond acceptors (Lipinski definition) is 3. The minimum atomic E-state index is -0.497. The summed E-state index contributed by atoms with van der Waals surface area (Å²) in [5, 5.41) is 13.8. The summed E-state index contributed by atoms with van der Waals surface area (Å²) in [5.74, 6) is 0.358. The van der Waals surface area contributed by atoms with Crippen molar-refractivity contribution < 1.29 is 9.90 Å². The number of halogens is 2. The van der Waals surface area contributed by atoms with Gasteiger partial charge in [0.1, 0.15) is 0 Å². The summed E-state index contributed by atoms with van der Waals surface area (Å²) in [4.78, 5) is 14.1. The molecule has 114 valence electrons. The van der Waals surface area contributed by atoms with Crippen LogP contribution < -0.4 is 5.32 Å². The molecule has 1 saturated carbocycles.